The molecule has 0 aliphatic rings. The zero-order chi connectivity index (χ0) is 10.8. The second kappa shape index (κ2) is 3.90. The molecule has 0 bridgehead atoms. The highest BCUT2D eigenvalue weighted by Crippen LogP contribution is 2.24. The van der Waals surface area contributed by atoms with Gasteiger partial charge in [0, 0.05) is 0 Å². The van der Waals surface area contributed by atoms with Crippen molar-refractivity contribution >= 4 is 0 Å². The van der Waals surface area contributed by atoms with Gasteiger partial charge in [0.15, 0.2) is 0 Å². The van der Waals surface area contributed by atoms with Crippen LogP contribution in [-0.4, -0.2) is 0 Å². The maximum absolute atomic E-state index is 4.06. The lowest BCUT2D eigenvalue weighted by molar-refractivity contribution is 1.42. The third-order valence-corrected chi connectivity index (χ3v) is 2.63. The Labute approximate surface area is 91.6 Å². The van der Waals surface area contributed by atoms with Crippen LogP contribution in [0.4, 0.5) is 0 Å². The zero-order valence-corrected chi connectivity index (χ0v) is 9.25. The Morgan fingerprint density at radius 3 is 2.07 bits per heavy atom. The molecule has 0 aliphatic carbocycles. The number of rotatable bonds is 1. The number of hydrogen-bond acceptors (Lipinski definition) is 0. The van der Waals surface area contributed by atoms with Crippen LogP contribution < -0.4 is 0 Å². The molecule has 0 heterocycles. The van der Waals surface area contributed by atoms with Crippen LogP contribution in [0.25, 0.3) is 11.1 Å². The third-order valence-electron chi connectivity index (χ3n) is 2.63. The van der Waals surface area contributed by atoms with E-state index >= 15 is 0 Å². The highest BCUT2D eigenvalue weighted by atomic mass is 14.1. The Bertz CT molecular complexity index is 464. The minimum Gasteiger partial charge on any atom is -0.0590 e. The summed E-state index contributed by atoms with van der Waals surface area (Å²) in [6, 6.07) is 14.9. The van der Waals surface area contributed by atoms with Crippen molar-refractivity contribution in [1.29, 1.82) is 0 Å². The largest absolute Gasteiger partial charge is 0.0590 e. The van der Waals surface area contributed by atoms with Gasteiger partial charge in [0.2, 0.25) is 0 Å². The van der Waals surface area contributed by atoms with E-state index in [-0.39, 0.29) is 0 Å². The van der Waals surface area contributed by atoms with Gasteiger partial charge >= 0.3 is 0 Å². The van der Waals surface area contributed by atoms with Crippen molar-refractivity contribution in [2.45, 2.75) is 13.8 Å². The maximum atomic E-state index is 4.06. The molecule has 0 unspecified atom stereocenters. The molecule has 0 atom stereocenters. The Balaban J connectivity index is 2.53. The highest BCUT2D eigenvalue weighted by Gasteiger charge is 2.01. The molecule has 0 aromatic heterocycles. The van der Waals surface area contributed by atoms with Gasteiger partial charge in [-0.2, -0.15) is 0 Å². The van der Waals surface area contributed by atoms with E-state index in [1.54, 1.807) is 0 Å². The fourth-order valence-corrected chi connectivity index (χ4v) is 1.69. The summed E-state index contributed by atoms with van der Waals surface area (Å²) in [6.45, 7) is 8.27. The van der Waals surface area contributed by atoms with Gasteiger partial charge in [0.1, 0.15) is 0 Å². The van der Waals surface area contributed by atoms with Crippen molar-refractivity contribution in [1.82, 2.24) is 0 Å². The molecular formula is C15H15. The topological polar surface area (TPSA) is 0 Å². The van der Waals surface area contributed by atoms with Gasteiger partial charge in [-0.15, -0.1) is 0 Å². The number of benzene rings is 2. The van der Waals surface area contributed by atoms with Gasteiger partial charge in [-0.25, -0.2) is 0 Å². The van der Waals surface area contributed by atoms with Crippen molar-refractivity contribution in [3.8, 4) is 11.1 Å². The van der Waals surface area contributed by atoms with Crippen molar-refractivity contribution in [2.75, 3.05) is 0 Å². The quantitative estimate of drug-likeness (QED) is 0.641. The molecule has 0 spiro atoms. The maximum Gasteiger partial charge on any atom is -0.0149 e. The molecule has 0 heteroatoms. The molecule has 0 nitrogen and oxygen atoms in total. The number of hydrogen-bond donors (Lipinski definition) is 0. The fourth-order valence-electron chi connectivity index (χ4n) is 1.69. The minimum atomic E-state index is 1.09. The van der Waals surface area contributed by atoms with Gasteiger partial charge in [-0.3, -0.25) is 0 Å². The summed E-state index contributed by atoms with van der Waals surface area (Å²) in [6.07, 6.45) is 0. The van der Waals surface area contributed by atoms with Crippen LogP contribution in [0.2, 0.25) is 0 Å². The average Bonchev–Trinajstić information content (AvgIpc) is 2.23. The first-order valence-electron chi connectivity index (χ1n) is 5.16. The second-order valence-corrected chi connectivity index (χ2v) is 4.03. The van der Waals surface area contributed by atoms with E-state index in [9.17, 15) is 0 Å². The third kappa shape index (κ3) is 2.10. The van der Waals surface area contributed by atoms with Gasteiger partial charge in [-0.1, -0.05) is 53.6 Å². The average molecular weight is 195 g/mol. The molecule has 2 rings (SSSR count). The summed E-state index contributed by atoms with van der Waals surface area (Å²) in [5.41, 5.74) is 6.13. The monoisotopic (exact) mass is 195 g/mol. The first-order chi connectivity index (χ1) is 7.16. The van der Waals surface area contributed by atoms with Crippen LogP contribution in [0.15, 0.2) is 42.5 Å². The molecule has 0 N–H and O–H groups in total. The molecule has 0 fully saturated rings. The van der Waals surface area contributed by atoms with Crippen LogP contribution in [0, 0.1) is 20.8 Å². The van der Waals surface area contributed by atoms with Gasteiger partial charge in [-0.05, 0) is 37.5 Å². The van der Waals surface area contributed by atoms with E-state index in [4.69, 9.17) is 0 Å². The summed E-state index contributed by atoms with van der Waals surface area (Å²) in [5, 5.41) is 0. The predicted molar refractivity (Wildman–Crippen MR) is 65.8 cm³/mol. The van der Waals surface area contributed by atoms with E-state index in [2.05, 4.69) is 63.2 Å². The van der Waals surface area contributed by atoms with E-state index in [1.165, 1.54) is 22.3 Å². The fraction of sp³-hybridized carbons (Fsp3) is 0.133. The first-order valence-corrected chi connectivity index (χ1v) is 5.16. The molecule has 0 aliphatic heterocycles. The zero-order valence-electron chi connectivity index (χ0n) is 9.25. The second-order valence-electron chi connectivity index (χ2n) is 4.03. The molecule has 75 valence electrons. The van der Waals surface area contributed by atoms with E-state index in [0.717, 1.165) is 5.56 Å². The molecule has 0 saturated carbocycles. The lowest BCUT2D eigenvalue weighted by Gasteiger charge is -2.07. The summed E-state index contributed by atoms with van der Waals surface area (Å²) in [4.78, 5) is 0. The standard InChI is InChI=1S/C15H15/c1-11-5-8-14(9-6-11)15-10-12(2)4-7-13(15)3/h4-10H,3H2,1-2H3. The van der Waals surface area contributed by atoms with Gasteiger partial charge in [0.25, 0.3) is 0 Å². The van der Waals surface area contributed by atoms with Crippen molar-refractivity contribution < 1.29 is 0 Å². The van der Waals surface area contributed by atoms with Crippen LogP contribution in [0.3, 0.4) is 0 Å². The Hall–Kier alpha value is -1.56. The smallest absolute Gasteiger partial charge is 0.0149 e. The summed E-state index contributed by atoms with van der Waals surface area (Å²) >= 11 is 0. The number of aryl methyl sites for hydroxylation is 2. The van der Waals surface area contributed by atoms with Gasteiger partial charge in [0.05, 0.1) is 0 Å². The Morgan fingerprint density at radius 1 is 0.800 bits per heavy atom. The first kappa shape index (κ1) is 9.97. The van der Waals surface area contributed by atoms with Crippen LogP contribution in [0.5, 0.6) is 0 Å². The molecule has 2 aromatic rings. The molecular weight excluding hydrogens is 180 g/mol. The summed E-state index contributed by atoms with van der Waals surface area (Å²) in [5.74, 6) is 0. The van der Waals surface area contributed by atoms with Crippen LogP contribution in [-0.2, 0) is 0 Å². The highest BCUT2D eigenvalue weighted by molar-refractivity contribution is 5.69. The van der Waals surface area contributed by atoms with E-state index in [0.29, 0.717) is 0 Å². The molecule has 0 amide bonds. The molecule has 1 radical (unpaired) electrons. The Morgan fingerprint density at radius 2 is 1.40 bits per heavy atom. The van der Waals surface area contributed by atoms with E-state index in [1.807, 2.05) is 0 Å². The summed E-state index contributed by atoms with van der Waals surface area (Å²) in [7, 11) is 0. The minimum absolute atomic E-state index is 1.09. The molecule has 2 aromatic carbocycles. The van der Waals surface area contributed by atoms with Crippen molar-refractivity contribution in [3.05, 3.63) is 66.1 Å². The van der Waals surface area contributed by atoms with Gasteiger partial charge < -0.3 is 0 Å². The van der Waals surface area contributed by atoms with Crippen LogP contribution in [0.1, 0.15) is 16.7 Å². The lowest BCUT2D eigenvalue weighted by atomic mass is 9.98. The lowest BCUT2D eigenvalue weighted by Crippen LogP contribution is -1.84. The Kier molecular flexibility index (Phi) is 2.59. The van der Waals surface area contributed by atoms with Crippen LogP contribution >= 0.6 is 0 Å². The molecule has 0 saturated heterocycles. The molecule has 15 heavy (non-hydrogen) atoms. The SMILES string of the molecule is [CH2]c1ccc(C)cc1-c1ccc(C)cc1. The van der Waals surface area contributed by atoms with E-state index < -0.39 is 0 Å². The van der Waals surface area contributed by atoms with Crippen molar-refractivity contribution in [3.63, 3.8) is 0 Å². The van der Waals surface area contributed by atoms with Crippen molar-refractivity contribution in [2.24, 2.45) is 0 Å². The predicted octanol–water partition coefficient (Wildman–Crippen LogP) is 4.15. The normalized spacial score (nSPS) is 10.3. The summed E-state index contributed by atoms with van der Waals surface area (Å²) < 4.78 is 0.